The van der Waals surface area contributed by atoms with Gasteiger partial charge in [0.2, 0.25) is 0 Å². The van der Waals surface area contributed by atoms with Crippen molar-refractivity contribution in [3.05, 3.63) is 139 Å². The van der Waals surface area contributed by atoms with Crippen LogP contribution in [0.2, 0.25) is 0 Å². The summed E-state index contributed by atoms with van der Waals surface area (Å²) in [4.78, 5) is 28.8. The zero-order chi connectivity index (χ0) is 41.4. The SMILES string of the molecule is CCN1CC(C)=C(OCc2c(C)cc(C)cc2C)C2=C1N1CN(OC)C=C1C=N2.CCN1CC(C)=C(OCc2c(F)ccc(F)c2F)C2=C1N1CN(OC)C=C1C=N2. The smallest absolute Gasteiger partial charge is 0.168 e. The van der Waals surface area contributed by atoms with Gasteiger partial charge >= 0.3 is 0 Å². The van der Waals surface area contributed by atoms with Crippen molar-refractivity contribution in [3.8, 4) is 0 Å². The third-order valence-corrected chi connectivity index (χ3v) is 10.9. The van der Waals surface area contributed by atoms with Gasteiger partial charge in [0.15, 0.2) is 11.6 Å². The molecule has 0 aliphatic carbocycles. The van der Waals surface area contributed by atoms with Crippen LogP contribution in [0.25, 0.3) is 0 Å². The molecular formula is C43H51F3N8O4. The maximum absolute atomic E-state index is 14.0. The lowest BCUT2D eigenvalue weighted by Gasteiger charge is -2.40. The number of likely N-dealkylation sites (N-methyl/N-ethyl adjacent to an activating group) is 2. The number of hydrogen-bond acceptors (Lipinski definition) is 12. The van der Waals surface area contributed by atoms with Gasteiger partial charge in [0.25, 0.3) is 0 Å². The summed E-state index contributed by atoms with van der Waals surface area (Å²) < 4.78 is 53.8. The molecule has 6 aliphatic heterocycles. The molecule has 0 bridgehead atoms. The van der Waals surface area contributed by atoms with E-state index in [1.807, 2.05) is 42.4 Å². The summed E-state index contributed by atoms with van der Waals surface area (Å²) in [7, 11) is 3.27. The number of halogens is 3. The Hall–Kier alpha value is -5.67. The van der Waals surface area contributed by atoms with Gasteiger partial charge in [-0.3, -0.25) is 9.68 Å². The first-order chi connectivity index (χ1) is 27.9. The maximum atomic E-state index is 14.0. The average molecular weight is 801 g/mol. The van der Waals surface area contributed by atoms with Gasteiger partial charge in [-0.25, -0.2) is 33.3 Å². The number of fused-ring (bicyclic) bond motifs is 4. The molecule has 0 spiro atoms. The lowest BCUT2D eigenvalue weighted by atomic mass is 10.0. The van der Waals surface area contributed by atoms with Crippen molar-refractivity contribution in [1.82, 2.24) is 29.7 Å². The van der Waals surface area contributed by atoms with Crippen molar-refractivity contribution in [1.29, 1.82) is 0 Å². The molecule has 6 aliphatic rings. The topological polar surface area (TPSA) is 81.1 Å². The molecule has 0 fully saturated rings. The minimum atomic E-state index is -1.24. The molecule has 2 aromatic rings. The minimum absolute atomic E-state index is 0.437. The zero-order valence-electron chi connectivity index (χ0n) is 34.6. The lowest BCUT2D eigenvalue weighted by Crippen LogP contribution is -2.42. The molecule has 6 heterocycles. The molecule has 0 amide bonds. The van der Waals surface area contributed by atoms with E-state index in [2.05, 4.69) is 66.4 Å². The normalized spacial score (nSPS) is 18.4. The number of ether oxygens (including phenoxy) is 2. The van der Waals surface area contributed by atoms with Crippen LogP contribution in [0.4, 0.5) is 13.2 Å². The summed E-state index contributed by atoms with van der Waals surface area (Å²) in [6.45, 7) is 19.0. The van der Waals surface area contributed by atoms with Crippen molar-refractivity contribution >= 4 is 12.4 Å². The highest BCUT2D eigenvalue weighted by molar-refractivity contribution is 5.82. The first kappa shape index (κ1) is 40.5. The van der Waals surface area contributed by atoms with E-state index >= 15 is 0 Å². The number of aliphatic imine (C=N–C) groups is 2. The Labute approximate surface area is 338 Å². The predicted octanol–water partition coefficient (Wildman–Crippen LogP) is 7.43. The van der Waals surface area contributed by atoms with Crippen LogP contribution in [0, 0.1) is 38.2 Å². The average Bonchev–Trinajstić information content (AvgIpc) is 3.84. The molecule has 0 N–H and O–H groups in total. The summed E-state index contributed by atoms with van der Waals surface area (Å²) >= 11 is 0. The van der Waals surface area contributed by atoms with E-state index in [4.69, 9.17) is 24.1 Å². The zero-order valence-corrected chi connectivity index (χ0v) is 34.6. The molecule has 0 radical (unpaired) electrons. The fraction of sp³-hybridized carbons (Fsp3) is 0.395. The Morgan fingerprint density at radius 2 is 1.09 bits per heavy atom. The third-order valence-electron chi connectivity index (χ3n) is 10.9. The largest absolute Gasteiger partial charge is 0.486 e. The number of nitrogens with zero attached hydrogens (tertiary/aromatic N) is 8. The molecular weight excluding hydrogens is 750 g/mol. The van der Waals surface area contributed by atoms with Gasteiger partial charge < -0.3 is 29.1 Å². The van der Waals surface area contributed by atoms with Crippen LogP contribution in [0.1, 0.15) is 55.5 Å². The van der Waals surface area contributed by atoms with E-state index in [0.29, 0.717) is 37.9 Å². The molecule has 2 aromatic carbocycles. The number of aryl methyl sites for hydroxylation is 3. The number of benzene rings is 2. The van der Waals surface area contributed by atoms with Gasteiger partial charge in [0.05, 0.1) is 56.0 Å². The molecule has 0 saturated carbocycles. The Kier molecular flexibility index (Phi) is 11.6. The van der Waals surface area contributed by atoms with Crippen LogP contribution in [0.5, 0.6) is 0 Å². The standard InChI is InChI=1S/C23H30N4O2.C20H21F3N4O2/c1-7-25-11-18(5)22(29-13-20-16(3)8-15(2)9-17(20)4)21-23(25)27-14-26(28-6)12-19(27)10-24-21;1-4-25-8-12(2)19(29-10-14-15(21)5-6-16(22)17(14)23)18-20(25)27-11-26(28-3)9-13(27)7-24-18/h8-10,12H,7,11,13-14H2,1-6H3;5-7,9H,4,8,10-11H2,1-3H3. The van der Waals surface area contributed by atoms with Crippen molar-refractivity contribution in [3.63, 3.8) is 0 Å². The van der Waals surface area contributed by atoms with E-state index in [0.717, 1.165) is 71.8 Å². The van der Waals surface area contributed by atoms with Crippen molar-refractivity contribution < 1.29 is 32.3 Å². The Morgan fingerprint density at radius 3 is 1.53 bits per heavy atom. The van der Waals surface area contributed by atoms with Gasteiger partial charge in [-0.15, -0.1) is 0 Å². The van der Waals surface area contributed by atoms with Crippen LogP contribution in [0.15, 0.2) is 104 Å². The van der Waals surface area contributed by atoms with E-state index < -0.39 is 29.6 Å². The maximum Gasteiger partial charge on any atom is 0.168 e. The van der Waals surface area contributed by atoms with Gasteiger partial charge in [-0.2, -0.15) is 0 Å². The van der Waals surface area contributed by atoms with Gasteiger partial charge in [0.1, 0.15) is 66.9 Å². The molecule has 0 atom stereocenters. The number of hydroxylamine groups is 4. The lowest BCUT2D eigenvalue weighted by molar-refractivity contribution is -0.0972. The Balaban J connectivity index is 0.000000177. The molecule has 15 heteroatoms. The summed E-state index contributed by atoms with van der Waals surface area (Å²) in [5.74, 6) is 0.0687. The predicted molar refractivity (Wildman–Crippen MR) is 215 cm³/mol. The number of allylic oxidation sites excluding steroid dienone is 2. The molecule has 0 aromatic heterocycles. The summed E-state index contributed by atoms with van der Waals surface area (Å²) in [6.07, 6.45) is 7.41. The minimum Gasteiger partial charge on any atom is -0.486 e. The van der Waals surface area contributed by atoms with Gasteiger partial charge in [-0.1, -0.05) is 17.7 Å². The monoisotopic (exact) mass is 800 g/mol. The van der Waals surface area contributed by atoms with Crippen LogP contribution >= 0.6 is 0 Å². The quantitative estimate of drug-likeness (QED) is 0.227. The van der Waals surface area contributed by atoms with Crippen molar-refractivity contribution in [2.24, 2.45) is 9.98 Å². The van der Waals surface area contributed by atoms with E-state index in [1.54, 1.807) is 25.5 Å². The summed E-state index contributed by atoms with van der Waals surface area (Å²) in [6, 6.07) is 6.09. The molecule has 12 nitrogen and oxygen atoms in total. The number of rotatable bonds is 10. The van der Waals surface area contributed by atoms with E-state index in [1.165, 1.54) is 27.8 Å². The highest BCUT2D eigenvalue weighted by Crippen LogP contribution is 2.39. The first-order valence-corrected chi connectivity index (χ1v) is 19.4. The molecule has 58 heavy (non-hydrogen) atoms. The molecule has 8 rings (SSSR count). The second-order valence-electron chi connectivity index (χ2n) is 14.8. The highest BCUT2D eigenvalue weighted by Gasteiger charge is 2.38. The van der Waals surface area contributed by atoms with Crippen LogP contribution < -0.4 is 0 Å². The number of hydrogen-bond donors (Lipinski definition) is 0. The van der Waals surface area contributed by atoms with Gasteiger partial charge in [-0.05, 0) is 88.4 Å². The molecule has 308 valence electrons. The Morgan fingerprint density at radius 1 is 0.638 bits per heavy atom. The van der Waals surface area contributed by atoms with Crippen LogP contribution in [-0.2, 0) is 32.4 Å². The third kappa shape index (κ3) is 7.55. The van der Waals surface area contributed by atoms with Crippen molar-refractivity contribution in [2.45, 2.75) is 61.7 Å². The summed E-state index contributed by atoms with van der Waals surface area (Å²) in [5.41, 5.74) is 10.1. The fourth-order valence-corrected chi connectivity index (χ4v) is 7.96. The van der Waals surface area contributed by atoms with Crippen LogP contribution in [0.3, 0.4) is 0 Å². The van der Waals surface area contributed by atoms with E-state index in [9.17, 15) is 13.2 Å². The molecule has 0 saturated heterocycles. The second kappa shape index (κ2) is 16.7. The second-order valence-corrected chi connectivity index (χ2v) is 14.8. The van der Waals surface area contributed by atoms with Crippen LogP contribution in [-0.4, -0.2) is 95.9 Å². The first-order valence-electron chi connectivity index (χ1n) is 19.4. The summed E-state index contributed by atoms with van der Waals surface area (Å²) in [5, 5.41) is 3.49. The van der Waals surface area contributed by atoms with Crippen molar-refractivity contribution in [2.75, 3.05) is 53.7 Å². The molecule has 0 unspecified atom stereocenters. The fourth-order valence-electron chi connectivity index (χ4n) is 7.96. The van der Waals surface area contributed by atoms with Gasteiger partial charge in [0, 0.05) is 26.2 Å². The Bertz CT molecular complexity index is 2220. The highest BCUT2D eigenvalue weighted by atomic mass is 19.2. The van der Waals surface area contributed by atoms with E-state index in [-0.39, 0.29) is 0 Å².